The molecule has 2 aromatic carbocycles. The number of halogens is 1. The molecule has 0 spiro atoms. The number of rotatable bonds is 5. The molecule has 2 amide bonds. The number of aromatic nitrogens is 2. The highest BCUT2D eigenvalue weighted by Crippen LogP contribution is 2.36. The van der Waals surface area contributed by atoms with Gasteiger partial charge in [-0.05, 0) is 67.8 Å². The van der Waals surface area contributed by atoms with Crippen molar-refractivity contribution in [2.45, 2.75) is 39.4 Å². The van der Waals surface area contributed by atoms with Gasteiger partial charge in [-0.2, -0.15) is 5.10 Å². The number of hydrogen-bond donors (Lipinski definition) is 1. The summed E-state index contributed by atoms with van der Waals surface area (Å²) in [5, 5.41) is 7.46. The number of furan rings is 1. The van der Waals surface area contributed by atoms with E-state index in [4.69, 9.17) is 4.42 Å². The highest BCUT2D eigenvalue weighted by Gasteiger charge is 2.49. The molecule has 7 nitrogen and oxygen atoms in total. The number of nitrogens with zero attached hydrogens (tertiary/aromatic N) is 3. The second-order valence-corrected chi connectivity index (χ2v) is 9.07. The van der Waals surface area contributed by atoms with Crippen molar-refractivity contribution in [1.29, 1.82) is 0 Å². The van der Waals surface area contributed by atoms with Crippen molar-refractivity contribution in [2.75, 3.05) is 4.90 Å². The molecule has 178 valence electrons. The van der Waals surface area contributed by atoms with Crippen LogP contribution < -0.4 is 10.2 Å². The number of carbonyl (C=O) groups is 2. The Hall–Kier alpha value is -4.20. The second kappa shape index (κ2) is 8.54. The summed E-state index contributed by atoms with van der Waals surface area (Å²) in [6.07, 6.45) is 1.54. The van der Waals surface area contributed by atoms with Crippen LogP contribution in [-0.2, 0) is 17.9 Å². The first-order valence-corrected chi connectivity index (χ1v) is 11.3. The van der Waals surface area contributed by atoms with Crippen LogP contribution in [0.3, 0.4) is 0 Å². The van der Waals surface area contributed by atoms with E-state index in [0.717, 1.165) is 11.1 Å². The fourth-order valence-electron chi connectivity index (χ4n) is 4.48. The number of hydrogen-bond acceptors (Lipinski definition) is 4. The van der Waals surface area contributed by atoms with E-state index in [9.17, 15) is 14.0 Å². The Morgan fingerprint density at radius 1 is 1.14 bits per heavy atom. The van der Waals surface area contributed by atoms with Crippen LogP contribution in [0.1, 0.15) is 34.1 Å². The van der Waals surface area contributed by atoms with Crippen molar-refractivity contribution in [2.24, 2.45) is 0 Å². The largest absolute Gasteiger partial charge is 0.463 e. The molecular weight excluding hydrogens is 447 g/mol. The summed E-state index contributed by atoms with van der Waals surface area (Å²) < 4.78 is 20.7. The Kier molecular flexibility index (Phi) is 5.51. The predicted octanol–water partition coefficient (Wildman–Crippen LogP) is 4.63. The van der Waals surface area contributed by atoms with Gasteiger partial charge in [-0.25, -0.2) is 4.39 Å². The summed E-state index contributed by atoms with van der Waals surface area (Å²) in [6, 6.07) is 17.1. The van der Waals surface area contributed by atoms with E-state index in [1.807, 2.05) is 32.0 Å². The molecule has 0 bridgehead atoms. The molecule has 0 radical (unpaired) electrons. The number of benzene rings is 2. The Balaban J connectivity index is 1.57. The van der Waals surface area contributed by atoms with Crippen molar-refractivity contribution in [3.05, 3.63) is 95.1 Å². The lowest BCUT2D eigenvalue weighted by molar-refractivity contribution is -0.126. The molecule has 2 aromatic heterocycles. The van der Waals surface area contributed by atoms with Crippen LogP contribution in [0.25, 0.3) is 11.5 Å². The maximum Gasteiger partial charge on any atom is 0.277 e. The molecule has 1 unspecified atom stereocenters. The van der Waals surface area contributed by atoms with Crippen LogP contribution >= 0.6 is 0 Å². The Morgan fingerprint density at radius 3 is 2.71 bits per heavy atom. The third-order valence-corrected chi connectivity index (χ3v) is 6.36. The zero-order valence-electron chi connectivity index (χ0n) is 19.7. The highest BCUT2D eigenvalue weighted by atomic mass is 19.1. The van der Waals surface area contributed by atoms with Crippen LogP contribution in [0.15, 0.2) is 71.3 Å². The van der Waals surface area contributed by atoms with Crippen LogP contribution in [0.2, 0.25) is 0 Å². The quantitative estimate of drug-likeness (QED) is 0.459. The Bertz CT molecular complexity index is 1430. The summed E-state index contributed by atoms with van der Waals surface area (Å²) in [5.74, 6) is -0.537. The van der Waals surface area contributed by atoms with E-state index >= 15 is 0 Å². The van der Waals surface area contributed by atoms with Crippen molar-refractivity contribution in [1.82, 2.24) is 15.1 Å². The van der Waals surface area contributed by atoms with Gasteiger partial charge in [0.25, 0.3) is 5.91 Å². The summed E-state index contributed by atoms with van der Waals surface area (Å²) in [5.41, 5.74) is 2.72. The number of amides is 2. The van der Waals surface area contributed by atoms with Crippen molar-refractivity contribution in [3.8, 4) is 11.5 Å². The zero-order valence-corrected chi connectivity index (χ0v) is 19.7. The van der Waals surface area contributed by atoms with Crippen molar-refractivity contribution in [3.63, 3.8) is 0 Å². The fourth-order valence-corrected chi connectivity index (χ4v) is 4.48. The second-order valence-electron chi connectivity index (χ2n) is 9.07. The average Bonchev–Trinajstić information content (AvgIpc) is 3.50. The lowest BCUT2D eigenvalue weighted by atomic mass is 9.92. The maximum atomic E-state index is 13.9. The number of anilines is 1. The first-order valence-electron chi connectivity index (χ1n) is 11.3. The molecule has 3 heterocycles. The Morgan fingerprint density at radius 2 is 1.97 bits per heavy atom. The molecule has 0 saturated heterocycles. The van der Waals surface area contributed by atoms with Gasteiger partial charge in [-0.3, -0.25) is 19.2 Å². The average molecular weight is 473 g/mol. The lowest BCUT2D eigenvalue weighted by Crippen LogP contribution is -2.64. The van der Waals surface area contributed by atoms with Crippen LogP contribution in [-0.4, -0.2) is 27.1 Å². The number of nitrogens with one attached hydrogen (secondary N) is 1. The normalized spacial score (nSPS) is 17.4. The predicted molar refractivity (Wildman–Crippen MR) is 129 cm³/mol. The van der Waals surface area contributed by atoms with E-state index < -0.39 is 5.54 Å². The van der Waals surface area contributed by atoms with Gasteiger partial charge in [-0.1, -0.05) is 24.3 Å². The van der Waals surface area contributed by atoms with Crippen molar-refractivity contribution < 1.29 is 18.4 Å². The van der Waals surface area contributed by atoms with Crippen LogP contribution in [0, 0.1) is 19.7 Å². The van der Waals surface area contributed by atoms with Gasteiger partial charge in [0.15, 0.2) is 5.76 Å². The standard InChI is InChI=1S/C27H25FN4O3/c1-17-9-10-18(2)22(12-17)32-25(33)23-14-21(24-8-5-11-35-24)30-31(23)16-27(32,3)26(34)29-15-19-6-4-7-20(28)13-19/h4-14H,15-16H2,1-3H3,(H,29,34). The third kappa shape index (κ3) is 4.01. The first-order chi connectivity index (χ1) is 16.8. The molecule has 0 fully saturated rings. The molecule has 8 heteroatoms. The summed E-state index contributed by atoms with van der Waals surface area (Å²) in [4.78, 5) is 29.2. The lowest BCUT2D eigenvalue weighted by Gasteiger charge is -2.43. The van der Waals surface area contributed by atoms with Gasteiger partial charge in [0, 0.05) is 18.3 Å². The first kappa shape index (κ1) is 22.6. The van der Waals surface area contributed by atoms with Gasteiger partial charge in [-0.15, -0.1) is 0 Å². The summed E-state index contributed by atoms with van der Waals surface area (Å²) >= 11 is 0. The van der Waals surface area contributed by atoms with Gasteiger partial charge in [0.2, 0.25) is 5.91 Å². The van der Waals surface area contributed by atoms with Crippen LogP contribution in [0.5, 0.6) is 0 Å². The molecule has 1 aliphatic rings. The minimum atomic E-state index is -1.29. The van der Waals surface area contributed by atoms with Crippen LogP contribution in [0.4, 0.5) is 10.1 Å². The molecule has 0 saturated carbocycles. The molecule has 5 rings (SSSR count). The topological polar surface area (TPSA) is 80.4 Å². The number of carbonyl (C=O) groups excluding carboxylic acids is 2. The fraction of sp³-hybridized carbons (Fsp3) is 0.222. The maximum absolute atomic E-state index is 13.9. The minimum absolute atomic E-state index is 0.130. The van der Waals surface area contributed by atoms with Gasteiger partial charge < -0.3 is 9.73 Å². The van der Waals surface area contributed by atoms with E-state index in [1.54, 1.807) is 53.1 Å². The molecule has 1 aliphatic heterocycles. The van der Waals surface area contributed by atoms with E-state index in [-0.39, 0.29) is 30.7 Å². The van der Waals surface area contributed by atoms with E-state index in [1.165, 1.54) is 12.1 Å². The van der Waals surface area contributed by atoms with Gasteiger partial charge >= 0.3 is 0 Å². The van der Waals surface area contributed by atoms with Gasteiger partial charge in [0.05, 0.1) is 12.8 Å². The smallest absolute Gasteiger partial charge is 0.277 e. The Labute approximate surface area is 202 Å². The highest BCUT2D eigenvalue weighted by molar-refractivity contribution is 6.12. The molecule has 4 aromatic rings. The third-order valence-electron chi connectivity index (χ3n) is 6.36. The SMILES string of the molecule is Cc1ccc(C)c(N2C(=O)c3cc(-c4ccco4)nn3CC2(C)C(=O)NCc2cccc(F)c2)c1. The monoisotopic (exact) mass is 472 g/mol. The molecule has 35 heavy (non-hydrogen) atoms. The molecule has 1 atom stereocenters. The summed E-state index contributed by atoms with van der Waals surface area (Å²) in [7, 11) is 0. The summed E-state index contributed by atoms with van der Waals surface area (Å²) in [6.45, 7) is 5.85. The zero-order chi connectivity index (χ0) is 24.7. The van der Waals surface area contributed by atoms with Gasteiger partial charge in [0.1, 0.15) is 22.7 Å². The minimum Gasteiger partial charge on any atom is -0.463 e. The number of fused-ring (bicyclic) bond motifs is 1. The number of aryl methyl sites for hydroxylation is 2. The molecule has 0 aliphatic carbocycles. The van der Waals surface area contributed by atoms with Crippen molar-refractivity contribution >= 4 is 17.5 Å². The molecule has 1 N–H and O–H groups in total. The molecular formula is C27H25FN4O3. The van der Waals surface area contributed by atoms with E-state index in [2.05, 4.69) is 10.4 Å². The van der Waals surface area contributed by atoms with E-state index in [0.29, 0.717) is 28.4 Å².